The van der Waals surface area contributed by atoms with E-state index in [-0.39, 0.29) is 0 Å². The van der Waals surface area contributed by atoms with Gasteiger partial charge in [0.15, 0.2) is 31.1 Å². The van der Waals surface area contributed by atoms with Crippen molar-refractivity contribution < 1.29 is 77.6 Å². The second-order valence-electron chi connectivity index (χ2n) is 11.3. The smallest absolute Gasteiger partial charge is 0.336 e. The van der Waals surface area contributed by atoms with Gasteiger partial charge < -0.3 is 69.5 Å². The van der Waals surface area contributed by atoms with Gasteiger partial charge in [0.05, 0.1) is 12.2 Å². The van der Waals surface area contributed by atoms with Crippen molar-refractivity contribution in [3.05, 3.63) is 0 Å². The minimum Gasteiger partial charge on any atom is -0.479 e. The van der Waals surface area contributed by atoms with Crippen LogP contribution in [0.4, 0.5) is 0 Å². The van der Waals surface area contributed by atoms with Crippen molar-refractivity contribution in [2.24, 2.45) is 0 Å². The average Bonchev–Trinajstić information content (AvgIpc) is 2.93. The predicted octanol–water partition coefficient (Wildman–Crippen LogP) is -3.77. The predicted molar refractivity (Wildman–Crippen MR) is 148 cm³/mol. The molecule has 0 spiro atoms. The number of methoxy groups -OCH3 is 1. The Kier molecular flexibility index (Phi) is 12.8. The van der Waals surface area contributed by atoms with E-state index in [4.69, 9.17) is 33.2 Å². The molecule has 3 saturated heterocycles. The lowest BCUT2D eigenvalue weighted by Crippen LogP contribution is -2.71. The van der Waals surface area contributed by atoms with Crippen LogP contribution in [-0.4, -0.2) is 149 Å². The summed E-state index contributed by atoms with van der Waals surface area (Å²) in [6.45, 7) is 7.42. The SMILES string of the molecule is CO[C@@H]1[C@H](NC(C)=O)[C@H](O[C@@H]2[C@H](O)[C@H](C)O[C@@H](O[C@H]3[C@@H](O)[C@@H](C)O[C@H](O)[C@@H]3NC(C)=O)[C@H]2NC(C)=O)O[C@H](C(=O)O)[C@H]1OC(C)=O. The van der Waals surface area contributed by atoms with Gasteiger partial charge in [-0.3, -0.25) is 19.2 Å². The number of hydrogen-bond acceptors (Lipinski definition) is 15. The summed E-state index contributed by atoms with van der Waals surface area (Å²) in [6.07, 6.45) is -17.4. The summed E-state index contributed by atoms with van der Waals surface area (Å²) < 4.78 is 39.7. The normalized spacial score (nSPS) is 41.1. The third kappa shape index (κ3) is 8.66. The zero-order valence-electron chi connectivity index (χ0n) is 26.3. The van der Waals surface area contributed by atoms with E-state index >= 15 is 0 Å². The number of carbonyl (C=O) groups is 5. The van der Waals surface area contributed by atoms with Gasteiger partial charge in [-0.15, -0.1) is 0 Å². The first-order valence-electron chi connectivity index (χ1n) is 14.5. The molecule has 46 heavy (non-hydrogen) atoms. The number of hydrogen-bond donors (Lipinski definition) is 7. The number of aliphatic carboxylic acids is 1. The molecule has 0 radical (unpaired) electrons. The van der Waals surface area contributed by atoms with Gasteiger partial charge in [-0.25, -0.2) is 4.79 Å². The van der Waals surface area contributed by atoms with Gasteiger partial charge in [0, 0.05) is 34.8 Å². The van der Waals surface area contributed by atoms with Crippen LogP contribution in [-0.2, 0) is 57.1 Å². The lowest BCUT2D eigenvalue weighted by Gasteiger charge is -2.50. The summed E-state index contributed by atoms with van der Waals surface area (Å²) in [5, 5.41) is 50.2. The van der Waals surface area contributed by atoms with Crippen molar-refractivity contribution in [2.45, 2.75) is 133 Å². The summed E-state index contributed by atoms with van der Waals surface area (Å²) in [5.41, 5.74) is 0. The Morgan fingerprint density at radius 2 is 1.07 bits per heavy atom. The number of aliphatic hydroxyl groups excluding tert-OH is 3. The molecule has 7 N–H and O–H groups in total. The molecule has 0 saturated carbocycles. The Morgan fingerprint density at radius 1 is 0.630 bits per heavy atom. The molecule has 0 aromatic rings. The molecule has 19 heteroatoms. The number of amides is 3. The number of carboxylic acids is 1. The molecule has 3 rings (SSSR count). The molecule has 0 unspecified atom stereocenters. The Labute approximate surface area is 264 Å². The first-order valence-corrected chi connectivity index (χ1v) is 14.5. The quantitative estimate of drug-likeness (QED) is 0.110. The second kappa shape index (κ2) is 15.7. The molecular formula is C27H43N3O16. The third-order valence-corrected chi connectivity index (χ3v) is 7.71. The van der Waals surface area contributed by atoms with Crippen molar-refractivity contribution in [3.8, 4) is 0 Å². The Morgan fingerprint density at radius 3 is 1.52 bits per heavy atom. The number of carboxylic acid groups (broad SMARTS) is 1. The van der Waals surface area contributed by atoms with Crippen LogP contribution in [0.25, 0.3) is 0 Å². The van der Waals surface area contributed by atoms with Gasteiger partial charge in [-0.05, 0) is 13.8 Å². The first kappa shape index (κ1) is 37.4. The van der Waals surface area contributed by atoms with E-state index in [2.05, 4.69) is 16.0 Å². The van der Waals surface area contributed by atoms with Gasteiger partial charge in [-0.2, -0.15) is 0 Å². The largest absolute Gasteiger partial charge is 0.479 e. The molecule has 262 valence electrons. The highest BCUT2D eigenvalue weighted by molar-refractivity contribution is 5.76. The highest BCUT2D eigenvalue weighted by Crippen LogP contribution is 2.33. The second-order valence-corrected chi connectivity index (χ2v) is 11.3. The number of rotatable bonds is 10. The number of carbonyl (C=O) groups excluding carboxylic acids is 4. The maximum absolute atomic E-state index is 12.4. The molecule has 0 aromatic carbocycles. The van der Waals surface area contributed by atoms with Gasteiger partial charge >= 0.3 is 11.9 Å². The van der Waals surface area contributed by atoms with Crippen molar-refractivity contribution in [3.63, 3.8) is 0 Å². The van der Waals surface area contributed by atoms with Crippen LogP contribution in [0.5, 0.6) is 0 Å². The van der Waals surface area contributed by atoms with E-state index < -0.39 is 122 Å². The molecule has 3 aliphatic rings. The molecule has 3 heterocycles. The molecule has 3 amide bonds. The van der Waals surface area contributed by atoms with Crippen LogP contribution in [0, 0.1) is 0 Å². The molecule has 19 nitrogen and oxygen atoms in total. The van der Waals surface area contributed by atoms with E-state index in [1.807, 2.05) is 0 Å². The summed E-state index contributed by atoms with van der Waals surface area (Å²) in [4.78, 5) is 60.5. The zero-order chi connectivity index (χ0) is 34.6. The average molecular weight is 666 g/mol. The van der Waals surface area contributed by atoms with Gasteiger partial charge in [0.25, 0.3) is 0 Å². The Bertz CT molecular complexity index is 1130. The fourth-order valence-corrected chi connectivity index (χ4v) is 5.71. The van der Waals surface area contributed by atoms with Crippen LogP contribution >= 0.6 is 0 Å². The minimum absolute atomic E-state index is 0.581. The lowest BCUT2D eigenvalue weighted by molar-refractivity contribution is -0.340. The van der Waals surface area contributed by atoms with E-state index in [1.165, 1.54) is 27.9 Å². The van der Waals surface area contributed by atoms with Crippen LogP contribution in [0.15, 0.2) is 0 Å². The molecule has 0 bridgehead atoms. The lowest BCUT2D eigenvalue weighted by atomic mass is 9.93. The molecular weight excluding hydrogens is 622 g/mol. The van der Waals surface area contributed by atoms with Crippen molar-refractivity contribution in [2.75, 3.05) is 7.11 Å². The minimum atomic E-state index is -1.86. The molecule has 0 aliphatic carbocycles. The van der Waals surface area contributed by atoms with Crippen LogP contribution in [0.1, 0.15) is 41.5 Å². The van der Waals surface area contributed by atoms with Gasteiger partial charge in [0.2, 0.25) is 17.7 Å². The summed E-state index contributed by atoms with van der Waals surface area (Å²) in [7, 11) is 1.19. The summed E-state index contributed by atoms with van der Waals surface area (Å²) in [5.74, 6) is -4.26. The number of nitrogens with one attached hydrogen (secondary N) is 3. The topological polar surface area (TPSA) is 267 Å². The van der Waals surface area contributed by atoms with E-state index in [0.717, 1.165) is 20.8 Å². The maximum atomic E-state index is 12.4. The van der Waals surface area contributed by atoms with Gasteiger partial charge in [-0.1, -0.05) is 0 Å². The van der Waals surface area contributed by atoms with Crippen LogP contribution < -0.4 is 16.0 Å². The highest BCUT2D eigenvalue weighted by Gasteiger charge is 2.56. The van der Waals surface area contributed by atoms with Crippen LogP contribution in [0.2, 0.25) is 0 Å². The standard InChI is InChI=1S/C27H43N3O16/c1-8-17(35)19(14(25(39)41-8)28-10(3)31)44-26-15(29-11(4)32)20(18(36)9(2)42-26)45-27-16(30-12(5)33)21(40-7)22(43-13(6)34)23(46-27)24(37)38/h8-9,14-23,25-27,35-36,39H,1-7H3,(H,28,31)(H,29,32)(H,30,33)(H,37,38)/t8-,9+,14-,15+,16+,17+,18-,19-,20+,21-,22+,23+,25+,26+,27-/m1/s1. The van der Waals surface area contributed by atoms with Crippen molar-refractivity contribution >= 4 is 29.7 Å². The maximum Gasteiger partial charge on any atom is 0.336 e. The molecule has 3 aliphatic heterocycles. The van der Waals surface area contributed by atoms with Gasteiger partial charge in [0.1, 0.15) is 48.6 Å². The number of aliphatic hydroxyl groups is 3. The van der Waals surface area contributed by atoms with E-state index in [0.29, 0.717) is 0 Å². The fourth-order valence-electron chi connectivity index (χ4n) is 5.71. The van der Waals surface area contributed by atoms with Crippen molar-refractivity contribution in [1.82, 2.24) is 16.0 Å². The van der Waals surface area contributed by atoms with E-state index in [9.17, 15) is 44.4 Å². The number of esters is 1. The summed E-state index contributed by atoms with van der Waals surface area (Å²) in [6, 6.07) is -4.02. The molecule has 0 aromatic heterocycles. The fraction of sp³-hybridized carbons (Fsp3) is 0.815. The zero-order valence-corrected chi connectivity index (χ0v) is 26.3. The monoisotopic (exact) mass is 665 g/mol. The highest BCUT2D eigenvalue weighted by atomic mass is 16.7. The Hall–Kier alpha value is -3.01. The molecule has 15 atom stereocenters. The number of ether oxygens (including phenoxy) is 7. The molecule has 3 fully saturated rings. The van der Waals surface area contributed by atoms with Crippen molar-refractivity contribution in [1.29, 1.82) is 0 Å². The Balaban J connectivity index is 2.02. The van der Waals surface area contributed by atoms with E-state index in [1.54, 1.807) is 0 Å². The first-order chi connectivity index (χ1) is 21.5. The third-order valence-electron chi connectivity index (χ3n) is 7.71. The van der Waals surface area contributed by atoms with Crippen LogP contribution in [0.3, 0.4) is 0 Å². The summed E-state index contributed by atoms with van der Waals surface area (Å²) >= 11 is 0.